The molecule has 3 N–H and O–H groups in total. The Kier molecular flexibility index (Phi) is 7.09. The molecule has 8 heteroatoms. The number of halogens is 2. The number of rotatable bonds is 10. The van der Waals surface area contributed by atoms with Crippen molar-refractivity contribution in [2.45, 2.75) is 77.3 Å². The van der Waals surface area contributed by atoms with Gasteiger partial charge >= 0.3 is 5.92 Å². The predicted molar refractivity (Wildman–Crippen MR) is 116 cm³/mol. The highest BCUT2D eigenvalue weighted by Gasteiger charge is 2.61. The van der Waals surface area contributed by atoms with E-state index in [1.807, 2.05) is 32.9 Å². The summed E-state index contributed by atoms with van der Waals surface area (Å²) in [7, 11) is 0. The van der Waals surface area contributed by atoms with Crippen LogP contribution in [0.4, 0.5) is 14.6 Å². The zero-order chi connectivity index (χ0) is 22.6. The number of hydrogen-bond acceptors (Lipinski definition) is 4. The van der Waals surface area contributed by atoms with Gasteiger partial charge in [-0.3, -0.25) is 9.59 Å². The molecule has 170 valence electrons. The monoisotopic (exact) mass is 434 g/mol. The lowest BCUT2D eigenvalue weighted by Gasteiger charge is -2.18. The largest absolute Gasteiger partial charge is 0.350 e. The Bertz CT molecular complexity index is 858. The van der Waals surface area contributed by atoms with Crippen molar-refractivity contribution >= 4 is 17.6 Å². The number of aryl methyl sites for hydroxylation is 2. The van der Waals surface area contributed by atoms with Crippen molar-refractivity contribution in [3.05, 3.63) is 35.5 Å². The number of aromatic nitrogens is 1. The van der Waals surface area contributed by atoms with E-state index in [1.54, 1.807) is 0 Å². The maximum Gasteiger partial charge on any atom is 0.343 e. The molecule has 2 fully saturated rings. The maximum atomic E-state index is 14.1. The normalized spacial score (nSPS) is 24.8. The fraction of sp³-hybridized carbons (Fsp3) is 0.609. The number of unbranched alkanes of at least 4 members (excludes halogenated alkanes) is 3. The minimum absolute atomic E-state index is 0.0494. The number of nitrogens with zero attached hydrogens (tertiary/aromatic N) is 1. The average Bonchev–Trinajstić information content (AvgIpc) is 3.28. The number of fused-ring (bicyclic) bond motifs is 1. The van der Waals surface area contributed by atoms with E-state index >= 15 is 0 Å². The van der Waals surface area contributed by atoms with Crippen LogP contribution in [-0.4, -0.2) is 41.3 Å². The van der Waals surface area contributed by atoms with Gasteiger partial charge in [-0.2, -0.15) is 8.78 Å². The third kappa shape index (κ3) is 5.67. The van der Waals surface area contributed by atoms with E-state index in [0.29, 0.717) is 24.7 Å². The minimum Gasteiger partial charge on any atom is -0.350 e. The summed E-state index contributed by atoms with van der Waals surface area (Å²) in [5.41, 5.74) is 1.34. The van der Waals surface area contributed by atoms with Crippen LogP contribution in [0.1, 0.15) is 56.7 Å². The van der Waals surface area contributed by atoms with Crippen molar-refractivity contribution in [3.8, 4) is 0 Å². The number of pyridine rings is 1. The first-order chi connectivity index (χ1) is 14.7. The van der Waals surface area contributed by atoms with Crippen molar-refractivity contribution < 1.29 is 18.4 Å². The van der Waals surface area contributed by atoms with E-state index in [9.17, 15) is 18.4 Å². The molecule has 1 aromatic rings. The zero-order valence-electron chi connectivity index (χ0n) is 18.4. The van der Waals surface area contributed by atoms with E-state index in [1.165, 1.54) is 6.08 Å². The second kappa shape index (κ2) is 9.42. The number of piperidine rings is 1. The van der Waals surface area contributed by atoms with Crippen molar-refractivity contribution in [2.24, 2.45) is 5.41 Å². The number of alkyl halides is 2. The summed E-state index contributed by atoms with van der Waals surface area (Å²) < 4.78 is 28.1. The van der Waals surface area contributed by atoms with Crippen LogP contribution in [0.25, 0.3) is 0 Å². The fourth-order valence-electron chi connectivity index (χ4n) is 4.10. The molecule has 1 saturated carbocycles. The van der Waals surface area contributed by atoms with Gasteiger partial charge in [0, 0.05) is 23.7 Å². The number of amides is 2. The Morgan fingerprint density at radius 2 is 2.06 bits per heavy atom. The van der Waals surface area contributed by atoms with E-state index in [0.717, 1.165) is 36.9 Å². The summed E-state index contributed by atoms with van der Waals surface area (Å²) in [6.07, 6.45) is 6.70. The van der Waals surface area contributed by atoms with Gasteiger partial charge in [0.05, 0.1) is 6.04 Å². The first-order valence-electron chi connectivity index (χ1n) is 11.0. The third-order valence-corrected chi connectivity index (χ3v) is 6.20. The molecule has 31 heavy (non-hydrogen) atoms. The van der Waals surface area contributed by atoms with E-state index in [4.69, 9.17) is 0 Å². The van der Waals surface area contributed by atoms with E-state index in [2.05, 4.69) is 20.9 Å². The smallest absolute Gasteiger partial charge is 0.343 e. The van der Waals surface area contributed by atoms with Crippen LogP contribution in [0, 0.1) is 19.3 Å². The molecule has 1 aliphatic carbocycles. The summed E-state index contributed by atoms with van der Waals surface area (Å²) in [6, 6.07) is 3.39. The molecule has 6 nitrogen and oxygen atoms in total. The fourth-order valence-corrected chi connectivity index (χ4v) is 4.10. The lowest BCUT2D eigenvalue weighted by molar-refractivity contribution is -0.139. The van der Waals surface area contributed by atoms with Gasteiger partial charge in [-0.25, -0.2) is 4.98 Å². The van der Waals surface area contributed by atoms with Crippen molar-refractivity contribution in [1.82, 2.24) is 15.6 Å². The van der Waals surface area contributed by atoms with Crippen LogP contribution in [0.15, 0.2) is 24.3 Å². The van der Waals surface area contributed by atoms with Gasteiger partial charge in [0.2, 0.25) is 5.91 Å². The summed E-state index contributed by atoms with van der Waals surface area (Å²) in [5.74, 6) is -4.48. The minimum atomic E-state index is -3.52. The molecule has 2 aliphatic rings. The molecule has 0 radical (unpaired) electrons. The maximum absolute atomic E-state index is 14.1. The molecule has 0 bridgehead atoms. The topological polar surface area (TPSA) is 83.1 Å². The quantitative estimate of drug-likeness (QED) is 0.388. The van der Waals surface area contributed by atoms with Gasteiger partial charge in [0.15, 0.2) is 0 Å². The molecule has 0 spiro atoms. The Hall–Kier alpha value is -2.35. The summed E-state index contributed by atoms with van der Waals surface area (Å²) in [6.45, 7) is 5.90. The Labute approximate surface area is 182 Å². The Morgan fingerprint density at radius 1 is 1.29 bits per heavy atom. The highest BCUT2D eigenvalue weighted by atomic mass is 19.3. The number of carbonyl (C=O) groups is 2. The van der Waals surface area contributed by atoms with Crippen LogP contribution in [-0.2, 0) is 9.59 Å². The van der Waals surface area contributed by atoms with Gasteiger partial charge in [-0.05, 0) is 57.2 Å². The molecule has 1 aliphatic heterocycles. The van der Waals surface area contributed by atoms with Gasteiger partial charge < -0.3 is 16.0 Å². The number of allylic oxidation sites excluding steroid dienone is 1. The van der Waals surface area contributed by atoms with Crippen LogP contribution in [0.3, 0.4) is 0 Å². The highest BCUT2D eigenvalue weighted by Crippen LogP contribution is 2.54. The SMILES string of the molecule is CCCCCC=CC(F)(F)C(=O)NC[C@@]12C[C@@H](C(=O)Nc3nc(C)ccc3C)N[C@@H]1C2. The molecule has 1 aromatic heterocycles. The highest BCUT2D eigenvalue weighted by molar-refractivity contribution is 5.95. The molecular formula is C23H32F2N4O2. The molecule has 2 heterocycles. The summed E-state index contributed by atoms with van der Waals surface area (Å²) in [5, 5.41) is 8.50. The second-order valence-corrected chi connectivity index (χ2v) is 8.85. The number of hydrogen-bond donors (Lipinski definition) is 3. The van der Waals surface area contributed by atoms with Crippen LogP contribution in [0.2, 0.25) is 0 Å². The Balaban J connectivity index is 1.49. The molecular weight excluding hydrogens is 402 g/mol. The van der Waals surface area contributed by atoms with Crippen molar-refractivity contribution in [2.75, 3.05) is 11.9 Å². The Morgan fingerprint density at radius 3 is 2.81 bits per heavy atom. The molecule has 0 unspecified atom stereocenters. The van der Waals surface area contributed by atoms with Crippen molar-refractivity contribution in [1.29, 1.82) is 0 Å². The van der Waals surface area contributed by atoms with Crippen LogP contribution < -0.4 is 16.0 Å². The third-order valence-electron chi connectivity index (χ3n) is 6.20. The van der Waals surface area contributed by atoms with E-state index < -0.39 is 17.9 Å². The second-order valence-electron chi connectivity index (χ2n) is 8.85. The molecule has 3 atom stereocenters. The lowest BCUT2D eigenvalue weighted by Crippen LogP contribution is -2.42. The van der Waals surface area contributed by atoms with Gasteiger partial charge in [-0.15, -0.1) is 0 Å². The molecule has 1 saturated heterocycles. The number of carbonyl (C=O) groups excluding carboxylic acids is 2. The number of anilines is 1. The van der Waals surface area contributed by atoms with Crippen molar-refractivity contribution in [3.63, 3.8) is 0 Å². The molecule has 2 amide bonds. The predicted octanol–water partition coefficient (Wildman–Crippen LogP) is 3.65. The molecule has 0 aromatic carbocycles. The number of nitrogens with one attached hydrogen (secondary N) is 3. The van der Waals surface area contributed by atoms with Gasteiger partial charge in [0.1, 0.15) is 5.82 Å². The summed E-state index contributed by atoms with van der Waals surface area (Å²) >= 11 is 0. The lowest BCUT2D eigenvalue weighted by atomic mass is 9.99. The average molecular weight is 435 g/mol. The van der Waals surface area contributed by atoms with Crippen LogP contribution in [0.5, 0.6) is 0 Å². The standard InChI is InChI=1S/C23H32F2N4O2/c1-4-5-6-7-8-11-23(24,25)21(31)26-14-22-12-17(28-18(22)13-22)20(30)29-19-15(2)9-10-16(3)27-19/h8-11,17-18,28H,4-7,12-14H2,1-3H3,(H,26,31)(H,27,29,30)/t17-,18+,22-/m0/s1. The first kappa shape index (κ1) is 23.3. The molecule has 3 rings (SSSR count). The van der Waals surface area contributed by atoms with Crippen LogP contribution >= 0.6 is 0 Å². The zero-order valence-corrected chi connectivity index (χ0v) is 18.4. The van der Waals surface area contributed by atoms with Gasteiger partial charge in [-0.1, -0.05) is 31.9 Å². The van der Waals surface area contributed by atoms with Gasteiger partial charge in [0.25, 0.3) is 5.91 Å². The van der Waals surface area contributed by atoms with E-state index in [-0.39, 0.29) is 23.9 Å². The summed E-state index contributed by atoms with van der Waals surface area (Å²) in [4.78, 5) is 29.0. The first-order valence-corrected chi connectivity index (χ1v) is 11.0.